The van der Waals surface area contributed by atoms with Crippen LogP contribution in [-0.2, 0) is 9.98 Å². The van der Waals surface area contributed by atoms with Crippen molar-refractivity contribution in [2.45, 2.75) is 32.2 Å². The average Bonchev–Trinajstić information content (AvgIpc) is 3.27. The van der Waals surface area contributed by atoms with Gasteiger partial charge >= 0.3 is 0 Å². The van der Waals surface area contributed by atoms with Crippen LogP contribution in [0, 0.1) is 25.5 Å². The fraction of sp³-hybridized carbons (Fsp3) is 0.0943. The quantitative estimate of drug-likeness (QED) is 0.124. The highest BCUT2D eigenvalue weighted by atomic mass is 31.2. The molecule has 1 aromatic heterocycles. The molecule has 8 aromatic rings. The Morgan fingerprint density at radius 3 is 1.86 bits per heavy atom. The van der Waals surface area contributed by atoms with Crippen LogP contribution < -0.4 is 15.9 Å². The van der Waals surface area contributed by atoms with Crippen LogP contribution in [0.4, 0.5) is 8.78 Å². The van der Waals surface area contributed by atoms with Crippen LogP contribution in [0.3, 0.4) is 0 Å². The minimum Gasteiger partial charge on any atom is -0.309 e. The van der Waals surface area contributed by atoms with Gasteiger partial charge in [-0.1, -0.05) is 115 Å². The first kappa shape index (κ1) is 36.8. The number of hydrogen-bond donors (Lipinski definition) is 0. The third kappa shape index (κ3) is 5.87. The molecule has 10 rings (SSSR count). The van der Waals surface area contributed by atoms with Crippen molar-refractivity contribution in [3.63, 3.8) is 0 Å². The molecule has 0 bridgehead atoms. The van der Waals surface area contributed by atoms with E-state index in [9.17, 15) is 8.78 Å². The third-order valence-corrected chi connectivity index (χ3v) is 15.3. The minimum atomic E-state index is -3.22. The van der Waals surface area contributed by atoms with Crippen molar-refractivity contribution in [1.29, 1.82) is 0 Å². The van der Waals surface area contributed by atoms with Gasteiger partial charge in [-0.2, -0.15) is 0 Å². The predicted octanol–water partition coefficient (Wildman–Crippen LogP) is 11.7. The molecule has 0 saturated heterocycles. The highest BCUT2D eigenvalue weighted by molar-refractivity contribution is 7.85. The van der Waals surface area contributed by atoms with Gasteiger partial charge in [-0.3, -0.25) is 4.99 Å². The molecule has 2 aliphatic rings. The van der Waals surface area contributed by atoms with Gasteiger partial charge in [0.2, 0.25) is 0 Å². The van der Waals surface area contributed by atoms with Crippen molar-refractivity contribution < 1.29 is 13.3 Å². The van der Waals surface area contributed by atoms with Gasteiger partial charge in [0.05, 0.1) is 23.0 Å². The number of nitrogens with zero attached hydrogens (tertiary/aromatic N) is 2. The second-order valence-electron chi connectivity index (χ2n) is 15.7. The molecule has 2 unspecified atom stereocenters. The van der Waals surface area contributed by atoms with Crippen LogP contribution in [0.5, 0.6) is 0 Å². The van der Waals surface area contributed by atoms with Gasteiger partial charge in [-0.25, -0.2) is 13.8 Å². The lowest BCUT2D eigenvalue weighted by Crippen LogP contribution is -2.41. The van der Waals surface area contributed by atoms with E-state index < -0.39 is 12.6 Å². The molecular formula is C53H39F2N2OP. The number of aliphatic imine (C=N–C) groups is 1. The van der Waals surface area contributed by atoms with E-state index in [-0.39, 0.29) is 17.7 Å². The zero-order valence-electron chi connectivity index (χ0n) is 32.8. The summed E-state index contributed by atoms with van der Waals surface area (Å²) in [6.07, 6.45) is 6.66. The summed E-state index contributed by atoms with van der Waals surface area (Å²) in [4.78, 5) is 10.8. The van der Waals surface area contributed by atoms with E-state index in [0.29, 0.717) is 0 Å². The van der Waals surface area contributed by atoms with E-state index in [1.807, 2.05) is 103 Å². The average molecular weight is 789 g/mol. The molecule has 0 radical (unpaired) electrons. The number of hydrogen-bond acceptors (Lipinski definition) is 3. The Hall–Kier alpha value is -6.55. The summed E-state index contributed by atoms with van der Waals surface area (Å²) < 4.78 is 44.2. The molecule has 0 fully saturated rings. The van der Waals surface area contributed by atoms with Crippen molar-refractivity contribution >= 4 is 56.0 Å². The number of fused-ring (bicyclic) bond motifs is 6. The summed E-state index contributed by atoms with van der Waals surface area (Å²) in [5.74, 6) is -0.614. The van der Waals surface area contributed by atoms with E-state index in [4.69, 9.17) is 9.98 Å². The molecule has 0 saturated carbocycles. The number of rotatable bonds is 6. The second-order valence-corrected chi connectivity index (χ2v) is 18.5. The van der Waals surface area contributed by atoms with Crippen LogP contribution in [0.1, 0.15) is 40.3 Å². The van der Waals surface area contributed by atoms with Crippen molar-refractivity contribution in [2.24, 2.45) is 4.99 Å². The maximum Gasteiger partial charge on any atom is 0.171 e. The fourth-order valence-corrected chi connectivity index (χ4v) is 12.1. The first-order valence-corrected chi connectivity index (χ1v) is 21.6. The maximum atomic E-state index is 15.4. The maximum absolute atomic E-state index is 15.4. The van der Waals surface area contributed by atoms with Crippen LogP contribution in [0.2, 0.25) is 0 Å². The topological polar surface area (TPSA) is 42.3 Å². The van der Waals surface area contributed by atoms with Gasteiger partial charge in [-0.15, -0.1) is 0 Å². The molecule has 2 atom stereocenters. The number of halogens is 2. The Balaban J connectivity index is 1.20. The second kappa shape index (κ2) is 14.1. The summed E-state index contributed by atoms with van der Waals surface area (Å²) in [6.45, 7) is 6.56. The summed E-state index contributed by atoms with van der Waals surface area (Å²) >= 11 is 0. The molecule has 7 aromatic carbocycles. The standard InChI is InChI=1S/C53H39F2N2OP/c1-33-47-44-19-10-11-20-45(44)56-51(35-21-25-39(54)26-22-35)48(47)34(2)50-49(33)52(36-23-27-40(55)28-24-36)57-46-32-38(29-30-53(46,50)3)37-13-12-18-43(31-37)59(58,41-14-6-4-7-15-41)42-16-8-5-9-17-42/h4-32,46H,1-3H3. The molecule has 286 valence electrons. The van der Waals surface area contributed by atoms with Gasteiger partial charge in [0.25, 0.3) is 0 Å². The van der Waals surface area contributed by atoms with E-state index >= 15 is 4.57 Å². The highest BCUT2D eigenvalue weighted by Crippen LogP contribution is 2.50. The number of benzene rings is 7. The zero-order chi connectivity index (χ0) is 40.5. The molecule has 0 amide bonds. The van der Waals surface area contributed by atoms with E-state index in [1.54, 1.807) is 12.1 Å². The van der Waals surface area contributed by atoms with Gasteiger partial charge in [-0.05, 0) is 115 Å². The largest absolute Gasteiger partial charge is 0.309 e. The molecule has 3 nitrogen and oxygen atoms in total. The normalized spacial score (nSPS) is 17.3. The van der Waals surface area contributed by atoms with Crippen molar-refractivity contribution in [1.82, 2.24) is 4.98 Å². The number of para-hydroxylation sites is 1. The lowest BCUT2D eigenvalue weighted by molar-refractivity contribution is 0.512. The van der Waals surface area contributed by atoms with Crippen LogP contribution in [0.25, 0.3) is 38.5 Å². The Morgan fingerprint density at radius 2 is 1.20 bits per heavy atom. The zero-order valence-corrected chi connectivity index (χ0v) is 33.7. The summed E-state index contributed by atoms with van der Waals surface area (Å²) in [6, 6.07) is 48.5. The first-order valence-electron chi connectivity index (χ1n) is 19.8. The smallest absolute Gasteiger partial charge is 0.171 e. The molecule has 0 spiro atoms. The Morgan fingerprint density at radius 1 is 0.610 bits per heavy atom. The summed E-state index contributed by atoms with van der Waals surface area (Å²) in [7, 11) is -3.22. The number of allylic oxidation sites excluding steroid dienone is 2. The molecule has 1 aliphatic carbocycles. The van der Waals surface area contributed by atoms with Gasteiger partial charge in [0, 0.05) is 48.8 Å². The van der Waals surface area contributed by atoms with Crippen molar-refractivity contribution in [3.05, 3.63) is 221 Å². The molecular weight excluding hydrogens is 750 g/mol. The lowest BCUT2D eigenvalue weighted by atomic mass is 9.64. The number of pyridine rings is 1. The van der Waals surface area contributed by atoms with Crippen LogP contribution in [0.15, 0.2) is 181 Å². The van der Waals surface area contributed by atoms with E-state index in [1.165, 1.54) is 24.3 Å². The third-order valence-electron chi connectivity index (χ3n) is 12.3. The Bertz CT molecular complexity index is 3080. The molecule has 6 heteroatoms. The van der Waals surface area contributed by atoms with E-state index in [0.717, 1.165) is 93.5 Å². The summed E-state index contributed by atoms with van der Waals surface area (Å²) in [5, 5.41) is 5.42. The monoisotopic (exact) mass is 788 g/mol. The fourth-order valence-electron chi connectivity index (χ4n) is 9.37. The number of aryl methyl sites for hydroxylation is 2. The van der Waals surface area contributed by atoms with Gasteiger partial charge in [0.1, 0.15) is 11.6 Å². The Kier molecular flexibility index (Phi) is 8.77. The van der Waals surface area contributed by atoms with Gasteiger partial charge < -0.3 is 4.57 Å². The van der Waals surface area contributed by atoms with Gasteiger partial charge in [0.15, 0.2) is 7.14 Å². The molecule has 1 aliphatic heterocycles. The van der Waals surface area contributed by atoms with Crippen LogP contribution in [-0.4, -0.2) is 16.7 Å². The summed E-state index contributed by atoms with van der Waals surface area (Å²) in [5.41, 5.74) is 9.70. The van der Waals surface area contributed by atoms with Crippen LogP contribution >= 0.6 is 7.14 Å². The molecule has 0 N–H and O–H groups in total. The van der Waals surface area contributed by atoms with Crippen molar-refractivity contribution in [2.75, 3.05) is 0 Å². The first-order chi connectivity index (χ1) is 28.6. The molecule has 2 heterocycles. The number of aromatic nitrogens is 1. The highest BCUT2D eigenvalue weighted by Gasteiger charge is 2.44. The van der Waals surface area contributed by atoms with E-state index in [2.05, 4.69) is 57.2 Å². The predicted molar refractivity (Wildman–Crippen MR) is 240 cm³/mol. The SMILES string of the molecule is Cc1c2c(c(C)c3c1c(-c1ccc(F)cc1)nc1ccccc13)C(c1ccc(F)cc1)=NC1C=C(c3cccc(P(=O)(c4ccccc4)c4ccccc4)c3)C=CC21C. The molecule has 59 heavy (non-hydrogen) atoms. The van der Waals surface area contributed by atoms with Crippen molar-refractivity contribution in [3.8, 4) is 11.3 Å². The minimum absolute atomic E-state index is 0.303. The lowest BCUT2D eigenvalue weighted by Gasteiger charge is -2.42. The Labute approximate surface area is 342 Å².